The van der Waals surface area contributed by atoms with Gasteiger partial charge in [0.15, 0.2) is 0 Å². The van der Waals surface area contributed by atoms with Crippen LogP contribution in [0.3, 0.4) is 0 Å². The maximum absolute atomic E-state index is 5.39. The molecule has 14 heavy (non-hydrogen) atoms. The zero-order valence-electron chi connectivity index (χ0n) is 7.60. The fourth-order valence-corrected chi connectivity index (χ4v) is 2.35. The predicted octanol–water partition coefficient (Wildman–Crippen LogP) is 4.11. The molecule has 1 radical (unpaired) electrons. The maximum atomic E-state index is 5.39. The highest BCUT2D eigenvalue weighted by Gasteiger charge is 2.13. The fourth-order valence-electron chi connectivity index (χ4n) is 2.07. The average Bonchev–Trinajstić information content (AvgIpc) is 2.24. The molecule has 1 aliphatic rings. The third kappa shape index (κ3) is 1.02. The molecule has 0 amide bonds. The van der Waals surface area contributed by atoms with E-state index in [0.717, 1.165) is 0 Å². The second kappa shape index (κ2) is 2.89. The van der Waals surface area contributed by atoms with Crippen molar-refractivity contribution in [3.8, 4) is 0 Å². The molecule has 0 fully saturated rings. The molecule has 3 rings (SSSR count). The first-order valence-electron chi connectivity index (χ1n) is 4.72. The molecule has 67 valence electrons. The quantitative estimate of drug-likeness (QED) is 0.596. The zero-order valence-corrected chi connectivity index (χ0v) is 8.42. The Morgan fingerprint density at radius 2 is 1.79 bits per heavy atom. The summed E-state index contributed by atoms with van der Waals surface area (Å²) in [6, 6.07) is 12.7. The molecule has 2 aromatic carbocycles. The van der Waals surface area contributed by atoms with E-state index in [1.54, 1.807) is 0 Å². The normalized spacial score (nSPS) is 18.8. The average molecular weight is 197 g/mol. The smallest absolute Gasteiger partial charge is 0.0591 e. The van der Waals surface area contributed by atoms with Gasteiger partial charge in [0.25, 0.3) is 0 Å². The van der Waals surface area contributed by atoms with Gasteiger partial charge in [0.1, 0.15) is 0 Å². The molecule has 1 heteroatoms. The third-order valence-corrected chi connectivity index (χ3v) is 3.14. The molecule has 0 aromatic heterocycles. The number of hydrogen-bond donors (Lipinski definition) is 0. The molecule has 0 N–H and O–H groups in total. The van der Waals surface area contributed by atoms with Gasteiger partial charge in [-0.1, -0.05) is 61.2 Å². The van der Waals surface area contributed by atoms with Gasteiger partial charge >= 0.3 is 0 Å². The van der Waals surface area contributed by atoms with Crippen LogP contribution in [0.15, 0.2) is 42.5 Å². The van der Waals surface area contributed by atoms with E-state index >= 15 is 0 Å². The van der Waals surface area contributed by atoms with Crippen LogP contribution in [0.1, 0.15) is 16.4 Å². The standard InChI is InChI=1S/C13H9S/c14-12-8-7-10-4-1-3-9-5-2-6-11(12)13(9)10/h1-8,12H. The Morgan fingerprint density at radius 3 is 2.64 bits per heavy atom. The van der Waals surface area contributed by atoms with Crippen LogP contribution < -0.4 is 0 Å². The minimum absolute atomic E-state index is 0.133. The Morgan fingerprint density at radius 1 is 1.00 bits per heavy atom. The fraction of sp³-hybridized carbons (Fsp3) is 0.0769. The van der Waals surface area contributed by atoms with E-state index in [0.29, 0.717) is 0 Å². The van der Waals surface area contributed by atoms with Crippen LogP contribution in [-0.4, -0.2) is 0 Å². The van der Waals surface area contributed by atoms with Crippen LogP contribution in [0.5, 0.6) is 0 Å². The highest BCUT2D eigenvalue weighted by Crippen LogP contribution is 2.36. The Labute approximate surface area is 88.7 Å². The molecule has 0 spiro atoms. The summed E-state index contributed by atoms with van der Waals surface area (Å²) in [6.45, 7) is 0. The van der Waals surface area contributed by atoms with E-state index in [2.05, 4.69) is 48.6 Å². The summed E-state index contributed by atoms with van der Waals surface area (Å²) < 4.78 is 0. The van der Waals surface area contributed by atoms with E-state index in [4.69, 9.17) is 12.6 Å². The lowest BCUT2D eigenvalue weighted by Gasteiger charge is -2.16. The van der Waals surface area contributed by atoms with Crippen molar-refractivity contribution in [2.24, 2.45) is 0 Å². The molecule has 0 nitrogen and oxygen atoms in total. The Bertz CT molecular complexity index is 520. The van der Waals surface area contributed by atoms with E-state index in [1.165, 1.54) is 21.9 Å². The number of benzene rings is 2. The first-order valence-corrected chi connectivity index (χ1v) is 5.19. The predicted molar refractivity (Wildman–Crippen MR) is 63.3 cm³/mol. The molecular weight excluding hydrogens is 188 g/mol. The van der Waals surface area contributed by atoms with E-state index in [9.17, 15) is 0 Å². The molecular formula is C13H9S. The lowest BCUT2D eigenvalue weighted by molar-refractivity contribution is 1.26. The van der Waals surface area contributed by atoms with Crippen LogP contribution in [0, 0.1) is 0 Å². The molecule has 1 atom stereocenters. The van der Waals surface area contributed by atoms with Gasteiger partial charge in [0, 0.05) is 0 Å². The van der Waals surface area contributed by atoms with Crippen LogP contribution in [0.2, 0.25) is 0 Å². The lowest BCUT2D eigenvalue weighted by Crippen LogP contribution is -1.95. The lowest BCUT2D eigenvalue weighted by atomic mass is 9.93. The molecule has 0 saturated carbocycles. The van der Waals surface area contributed by atoms with Crippen molar-refractivity contribution < 1.29 is 0 Å². The van der Waals surface area contributed by atoms with Crippen molar-refractivity contribution in [2.75, 3.05) is 0 Å². The first-order chi connectivity index (χ1) is 6.86. The Balaban J connectivity index is 2.52. The molecule has 0 saturated heterocycles. The molecule has 1 unspecified atom stereocenters. The van der Waals surface area contributed by atoms with Crippen LogP contribution in [-0.2, 0) is 0 Å². The molecule has 2 aromatic rings. The highest BCUT2D eigenvalue weighted by molar-refractivity contribution is 7.80. The van der Waals surface area contributed by atoms with Crippen LogP contribution in [0.4, 0.5) is 0 Å². The van der Waals surface area contributed by atoms with Gasteiger partial charge in [-0.3, -0.25) is 0 Å². The van der Waals surface area contributed by atoms with E-state index in [1.807, 2.05) is 0 Å². The molecule has 0 bridgehead atoms. The maximum Gasteiger partial charge on any atom is 0.0591 e. The van der Waals surface area contributed by atoms with Crippen LogP contribution >= 0.6 is 12.6 Å². The monoisotopic (exact) mass is 197 g/mol. The van der Waals surface area contributed by atoms with Crippen LogP contribution in [0.25, 0.3) is 16.8 Å². The first kappa shape index (κ1) is 8.13. The van der Waals surface area contributed by atoms with Crippen molar-refractivity contribution in [3.05, 3.63) is 53.6 Å². The second-order valence-corrected chi connectivity index (χ2v) is 4.08. The van der Waals surface area contributed by atoms with Gasteiger partial charge in [-0.15, -0.1) is 0 Å². The van der Waals surface area contributed by atoms with Gasteiger partial charge in [0.05, 0.1) is 5.25 Å². The summed E-state index contributed by atoms with van der Waals surface area (Å²) >= 11 is 5.39. The summed E-state index contributed by atoms with van der Waals surface area (Å²) in [6.07, 6.45) is 4.22. The van der Waals surface area contributed by atoms with Crippen molar-refractivity contribution in [3.63, 3.8) is 0 Å². The van der Waals surface area contributed by atoms with E-state index < -0.39 is 0 Å². The minimum atomic E-state index is 0.133. The summed E-state index contributed by atoms with van der Waals surface area (Å²) in [7, 11) is 0. The van der Waals surface area contributed by atoms with E-state index in [-0.39, 0.29) is 5.25 Å². The van der Waals surface area contributed by atoms with Crippen molar-refractivity contribution >= 4 is 29.5 Å². The number of rotatable bonds is 0. The second-order valence-electron chi connectivity index (χ2n) is 3.57. The van der Waals surface area contributed by atoms with Crippen molar-refractivity contribution in [1.82, 2.24) is 0 Å². The summed E-state index contributed by atoms with van der Waals surface area (Å²) in [5, 5.41) is 2.75. The molecule has 0 heterocycles. The summed E-state index contributed by atoms with van der Waals surface area (Å²) in [4.78, 5) is 0. The Kier molecular flexibility index (Phi) is 1.68. The summed E-state index contributed by atoms with van der Waals surface area (Å²) in [5.41, 5.74) is 2.56. The third-order valence-electron chi connectivity index (χ3n) is 2.73. The van der Waals surface area contributed by atoms with Gasteiger partial charge in [-0.2, -0.15) is 0 Å². The summed E-state index contributed by atoms with van der Waals surface area (Å²) in [5.74, 6) is 0. The van der Waals surface area contributed by atoms with Gasteiger partial charge in [-0.05, 0) is 21.9 Å². The zero-order chi connectivity index (χ0) is 9.54. The largest absolute Gasteiger partial charge is 0.0807 e. The topological polar surface area (TPSA) is 0 Å². The van der Waals surface area contributed by atoms with Gasteiger partial charge < -0.3 is 0 Å². The SMILES string of the molecule is [S]C1C=Cc2cccc3cccc1c23. The highest BCUT2D eigenvalue weighted by atomic mass is 32.1. The van der Waals surface area contributed by atoms with Crippen molar-refractivity contribution in [2.45, 2.75) is 5.25 Å². The molecule has 1 aliphatic carbocycles. The Hall–Kier alpha value is -1.21. The number of hydrogen-bond acceptors (Lipinski definition) is 0. The van der Waals surface area contributed by atoms with Crippen molar-refractivity contribution in [1.29, 1.82) is 0 Å². The van der Waals surface area contributed by atoms with Gasteiger partial charge in [-0.25, -0.2) is 0 Å². The van der Waals surface area contributed by atoms with Gasteiger partial charge in [0.2, 0.25) is 0 Å². The molecule has 0 aliphatic heterocycles. The minimum Gasteiger partial charge on any atom is -0.0807 e.